The topological polar surface area (TPSA) is 84.6 Å². The lowest BCUT2D eigenvalue weighted by molar-refractivity contribution is -0.118. The van der Waals surface area contributed by atoms with E-state index in [1.807, 2.05) is 0 Å². The van der Waals surface area contributed by atoms with E-state index in [0.717, 1.165) is 0 Å². The molecule has 5 nitrogen and oxygen atoms in total. The number of hydrogen-bond donors (Lipinski definition) is 3. The standard InChI is InChI=1S/C14H14N2O3/c15-12-6-1-2-7-13(12)19-9-14(18)16-10-4-3-5-11(17)8-10/h1-8,17H,9,15H2,(H,16,18). The highest BCUT2D eigenvalue weighted by molar-refractivity contribution is 5.92. The van der Waals surface area contributed by atoms with Gasteiger partial charge in [0.2, 0.25) is 0 Å². The minimum atomic E-state index is -0.325. The molecule has 1 amide bonds. The molecule has 5 heteroatoms. The van der Waals surface area contributed by atoms with E-state index in [0.29, 0.717) is 17.1 Å². The van der Waals surface area contributed by atoms with Gasteiger partial charge in [0.25, 0.3) is 5.91 Å². The van der Waals surface area contributed by atoms with Gasteiger partial charge in [-0.3, -0.25) is 4.79 Å². The summed E-state index contributed by atoms with van der Waals surface area (Å²) in [5, 5.41) is 11.9. The predicted octanol–water partition coefficient (Wildman–Crippen LogP) is 1.99. The number of phenols is 1. The van der Waals surface area contributed by atoms with E-state index in [2.05, 4.69) is 5.32 Å². The average molecular weight is 258 g/mol. The highest BCUT2D eigenvalue weighted by Crippen LogP contribution is 2.20. The fraction of sp³-hybridized carbons (Fsp3) is 0.0714. The second-order valence-electron chi connectivity index (χ2n) is 3.93. The maximum Gasteiger partial charge on any atom is 0.262 e. The Bertz CT molecular complexity index is 584. The molecule has 2 rings (SSSR count). The van der Waals surface area contributed by atoms with Crippen molar-refractivity contribution in [3.8, 4) is 11.5 Å². The monoisotopic (exact) mass is 258 g/mol. The zero-order chi connectivity index (χ0) is 13.7. The van der Waals surface area contributed by atoms with Crippen LogP contribution in [-0.4, -0.2) is 17.6 Å². The third kappa shape index (κ3) is 3.64. The van der Waals surface area contributed by atoms with Crippen LogP contribution in [0.1, 0.15) is 0 Å². The van der Waals surface area contributed by atoms with Crippen molar-refractivity contribution in [2.45, 2.75) is 0 Å². The molecule has 0 saturated heterocycles. The van der Waals surface area contributed by atoms with Crippen molar-refractivity contribution >= 4 is 17.3 Å². The molecule has 2 aromatic rings. The van der Waals surface area contributed by atoms with Crippen molar-refractivity contribution < 1.29 is 14.6 Å². The number of carbonyl (C=O) groups is 1. The molecule has 4 N–H and O–H groups in total. The van der Waals surface area contributed by atoms with Crippen molar-refractivity contribution in [1.29, 1.82) is 0 Å². The fourth-order valence-electron chi connectivity index (χ4n) is 1.54. The summed E-state index contributed by atoms with van der Waals surface area (Å²) in [7, 11) is 0. The number of phenolic OH excluding ortho intramolecular Hbond substituents is 1. The smallest absolute Gasteiger partial charge is 0.262 e. The van der Waals surface area contributed by atoms with E-state index >= 15 is 0 Å². The van der Waals surface area contributed by atoms with E-state index < -0.39 is 0 Å². The van der Waals surface area contributed by atoms with Gasteiger partial charge in [0.15, 0.2) is 6.61 Å². The lowest BCUT2D eigenvalue weighted by Gasteiger charge is -2.09. The van der Waals surface area contributed by atoms with Gasteiger partial charge < -0.3 is 20.9 Å². The Morgan fingerprint density at radius 1 is 1.21 bits per heavy atom. The number of nitrogen functional groups attached to an aromatic ring is 1. The molecule has 0 aliphatic heterocycles. The van der Waals surface area contributed by atoms with Crippen LogP contribution in [0.5, 0.6) is 11.5 Å². The summed E-state index contributed by atoms with van der Waals surface area (Å²) in [5.41, 5.74) is 6.68. The number of ether oxygens (including phenoxy) is 1. The van der Waals surface area contributed by atoms with Gasteiger partial charge in [-0.2, -0.15) is 0 Å². The number of para-hydroxylation sites is 2. The molecule has 0 bridgehead atoms. The number of anilines is 2. The molecule has 0 aromatic heterocycles. The molecule has 98 valence electrons. The summed E-state index contributed by atoms with van der Waals surface area (Å²) < 4.78 is 5.30. The maximum absolute atomic E-state index is 11.6. The summed E-state index contributed by atoms with van der Waals surface area (Å²) in [5.74, 6) is 0.230. The molecule has 0 saturated carbocycles. The predicted molar refractivity (Wildman–Crippen MR) is 73.1 cm³/mol. The summed E-state index contributed by atoms with van der Waals surface area (Å²) >= 11 is 0. The third-order valence-corrected chi connectivity index (χ3v) is 2.41. The molecule has 0 aliphatic rings. The Kier molecular flexibility index (Phi) is 3.87. The number of aromatic hydroxyl groups is 1. The summed E-state index contributed by atoms with van der Waals surface area (Å²) in [4.78, 5) is 11.6. The van der Waals surface area contributed by atoms with E-state index in [1.165, 1.54) is 12.1 Å². The summed E-state index contributed by atoms with van der Waals surface area (Å²) in [6, 6.07) is 13.2. The van der Waals surface area contributed by atoms with Gasteiger partial charge in [-0.1, -0.05) is 18.2 Å². The van der Waals surface area contributed by atoms with Crippen molar-refractivity contribution in [3.05, 3.63) is 48.5 Å². The fourth-order valence-corrected chi connectivity index (χ4v) is 1.54. The normalized spacial score (nSPS) is 9.89. The first-order valence-corrected chi connectivity index (χ1v) is 5.71. The average Bonchev–Trinajstić information content (AvgIpc) is 2.38. The first kappa shape index (κ1) is 12.8. The third-order valence-electron chi connectivity index (χ3n) is 2.41. The molecule has 0 fully saturated rings. The van der Waals surface area contributed by atoms with Crippen LogP contribution in [0, 0.1) is 0 Å². The minimum absolute atomic E-state index is 0.0889. The van der Waals surface area contributed by atoms with Crippen LogP contribution in [-0.2, 0) is 4.79 Å². The Hall–Kier alpha value is -2.69. The highest BCUT2D eigenvalue weighted by Gasteiger charge is 2.05. The SMILES string of the molecule is Nc1ccccc1OCC(=O)Nc1cccc(O)c1. The van der Waals surface area contributed by atoms with E-state index in [4.69, 9.17) is 10.5 Å². The van der Waals surface area contributed by atoms with E-state index in [9.17, 15) is 9.90 Å². The Balaban J connectivity index is 1.90. The van der Waals surface area contributed by atoms with Crippen LogP contribution in [0.15, 0.2) is 48.5 Å². The van der Waals surface area contributed by atoms with Gasteiger partial charge in [-0.25, -0.2) is 0 Å². The largest absolute Gasteiger partial charge is 0.508 e. The first-order chi connectivity index (χ1) is 9.15. The van der Waals surface area contributed by atoms with E-state index in [1.54, 1.807) is 36.4 Å². The van der Waals surface area contributed by atoms with Crippen LogP contribution in [0.3, 0.4) is 0 Å². The lowest BCUT2D eigenvalue weighted by atomic mass is 10.3. The minimum Gasteiger partial charge on any atom is -0.508 e. The lowest BCUT2D eigenvalue weighted by Crippen LogP contribution is -2.20. The second-order valence-corrected chi connectivity index (χ2v) is 3.93. The van der Waals surface area contributed by atoms with Crippen LogP contribution in [0.4, 0.5) is 11.4 Å². The molecular weight excluding hydrogens is 244 g/mol. The van der Waals surface area contributed by atoms with Crippen molar-refractivity contribution in [3.63, 3.8) is 0 Å². The number of carbonyl (C=O) groups excluding carboxylic acids is 1. The summed E-state index contributed by atoms with van der Waals surface area (Å²) in [6.07, 6.45) is 0. The Morgan fingerprint density at radius 3 is 2.74 bits per heavy atom. The van der Waals surface area contributed by atoms with E-state index in [-0.39, 0.29) is 18.3 Å². The molecule has 0 radical (unpaired) electrons. The number of rotatable bonds is 4. The first-order valence-electron chi connectivity index (χ1n) is 5.71. The highest BCUT2D eigenvalue weighted by atomic mass is 16.5. The molecule has 0 unspecified atom stereocenters. The number of amides is 1. The molecule has 0 aliphatic carbocycles. The van der Waals surface area contributed by atoms with Crippen LogP contribution >= 0.6 is 0 Å². The van der Waals surface area contributed by atoms with Gasteiger partial charge in [0, 0.05) is 11.8 Å². The molecule has 2 aromatic carbocycles. The number of nitrogens with two attached hydrogens (primary N) is 1. The molecule has 0 spiro atoms. The van der Waals surface area contributed by atoms with Gasteiger partial charge in [0.1, 0.15) is 11.5 Å². The van der Waals surface area contributed by atoms with Crippen molar-refractivity contribution in [2.75, 3.05) is 17.7 Å². The number of nitrogens with one attached hydrogen (secondary N) is 1. The van der Waals surface area contributed by atoms with Crippen LogP contribution in [0.25, 0.3) is 0 Å². The van der Waals surface area contributed by atoms with Gasteiger partial charge in [-0.15, -0.1) is 0 Å². The maximum atomic E-state index is 11.6. The quantitative estimate of drug-likeness (QED) is 0.732. The molecular formula is C14H14N2O3. The molecule has 0 atom stereocenters. The van der Waals surface area contributed by atoms with Crippen LogP contribution < -0.4 is 15.8 Å². The van der Waals surface area contributed by atoms with Gasteiger partial charge >= 0.3 is 0 Å². The zero-order valence-electron chi connectivity index (χ0n) is 10.2. The zero-order valence-corrected chi connectivity index (χ0v) is 10.2. The Labute approximate surface area is 110 Å². The molecule has 19 heavy (non-hydrogen) atoms. The number of benzene rings is 2. The summed E-state index contributed by atoms with van der Waals surface area (Å²) in [6.45, 7) is -0.149. The van der Waals surface area contributed by atoms with Crippen LogP contribution in [0.2, 0.25) is 0 Å². The number of hydrogen-bond acceptors (Lipinski definition) is 4. The van der Waals surface area contributed by atoms with Gasteiger partial charge in [0.05, 0.1) is 5.69 Å². The van der Waals surface area contributed by atoms with Gasteiger partial charge in [-0.05, 0) is 24.3 Å². The Morgan fingerprint density at radius 2 is 2.00 bits per heavy atom. The second kappa shape index (κ2) is 5.77. The van der Waals surface area contributed by atoms with Crippen molar-refractivity contribution in [1.82, 2.24) is 0 Å². The van der Waals surface area contributed by atoms with Crippen molar-refractivity contribution in [2.24, 2.45) is 0 Å². The molecule has 0 heterocycles.